The second-order valence-corrected chi connectivity index (χ2v) is 12.2. The highest BCUT2D eigenvalue weighted by atomic mass is 32.7. The summed E-state index contributed by atoms with van der Waals surface area (Å²) in [6.45, 7) is 6.56. The predicted octanol–water partition coefficient (Wildman–Crippen LogP) is 1.55. The van der Waals surface area contributed by atoms with E-state index in [1.807, 2.05) is 0 Å². The zero-order valence-electron chi connectivity index (χ0n) is 17.4. The molecular weight excluding hydrogens is 429 g/mol. The number of aliphatic hydroxyl groups is 1. The van der Waals surface area contributed by atoms with Crippen molar-refractivity contribution in [1.82, 2.24) is 9.55 Å². The fourth-order valence-electron chi connectivity index (χ4n) is 5.32. The number of fused-ring (bicyclic) bond motifs is 2. The van der Waals surface area contributed by atoms with Gasteiger partial charge in [-0.3, -0.25) is 5.41 Å². The maximum Gasteiger partial charge on any atom is 0.286 e. The van der Waals surface area contributed by atoms with Crippen LogP contribution < -0.4 is 10.6 Å². The van der Waals surface area contributed by atoms with Crippen LogP contribution in [0.3, 0.4) is 0 Å². The number of hydrogen-bond acceptors (Lipinski definition) is 9. The molecule has 0 radical (unpaired) electrons. The number of aromatic nitrogens is 2. The largest absolute Gasteiger partial charge is 0.846 e. The Morgan fingerprint density at radius 3 is 2.77 bits per heavy atom. The van der Waals surface area contributed by atoms with Crippen molar-refractivity contribution in [3.63, 3.8) is 0 Å². The highest BCUT2D eigenvalue weighted by molar-refractivity contribution is 8.35. The van der Waals surface area contributed by atoms with Crippen LogP contribution in [0.25, 0.3) is 0 Å². The molecule has 7 atom stereocenters. The van der Waals surface area contributed by atoms with Gasteiger partial charge in [-0.25, -0.2) is 9.88 Å². The van der Waals surface area contributed by atoms with Gasteiger partial charge in [0.15, 0.2) is 0 Å². The van der Waals surface area contributed by atoms with Gasteiger partial charge >= 0.3 is 0 Å². The van der Waals surface area contributed by atoms with Gasteiger partial charge in [-0.2, -0.15) is 9.05 Å². The molecule has 0 spiro atoms. The van der Waals surface area contributed by atoms with Gasteiger partial charge in [0.05, 0.1) is 12.1 Å². The standard InChI is InChI=1S/C19H30N3O6PS/c1-18(2)11-4-6-19(18,3)14(8-11)28-29(25,30)26-10-13-12(23)9-16(27-13)22-7-5-15(20)21-17(22)24/h5,7,11-14,16,23H,4,6,8-10H2,1-3H3,(H,25,30)(H2,20,21,24)/p-1/t11-,12+,13-,14+,16-,19+,29?/m1/s1. The van der Waals surface area contributed by atoms with Crippen molar-refractivity contribution in [2.75, 3.05) is 6.61 Å². The molecule has 1 aromatic rings. The highest BCUT2D eigenvalue weighted by Gasteiger charge is 2.64. The molecule has 9 nitrogen and oxygen atoms in total. The second kappa shape index (κ2) is 7.69. The Bertz CT molecular complexity index is 867. The van der Waals surface area contributed by atoms with Crippen molar-refractivity contribution in [3.05, 3.63) is 17.8 Å². The van der Waals surface area contributed by atoms with Crippen molar-refractivity contribution in [2.24, 2.45) is 16.7 Å². The molecule has 1 aliphatic heterocycles. The zero-order valence-corrected chi connectivity index (χ0v) is 19.1. The summed E-state index contributed by atoms with van der Waals surface area (Å²) in [6, 6.07) is 0.753. The molecule has 11 heteroatoms. The summed E-state index contributed by atoms with van der Waals surface area (Å²) in [5.74, 6) is 0.547. The summed E-state index contributed by atoms with van der Waals surface area (Å²) in [5.41, 5.74) is -0.0632. The Morgan fingerprint density at radius 1 is 1.43 bits per heavy atom. The lowest BCUT2D eigenvalue weighted by atomic mass is 9.70. The number of nitrogens with one attached hydrogen (secondary N) is 1. The molecule has 4 rings (SSSR count). The second-order valence-electron chi connectivity index (χ2n) is 9.40. The van der Waals surface area contributed by atoms with Crippen LogP contribution in [0.4, 0.5) is 0 Å². The van der Waals surface area contributed by atoms with Crippen molar-refractivity contribution in [1.29, 1.82) is 5.41 Å². The molecule has 2 heterocycles. The first-order valence-corrected chi connectivity index (χ1v) is 12.8. The van der Waals surface area contributed by atoms with E-state index in [1.165, 1.54) is 16.8 Å². The lowest BCUT2D eigenvalue weighted by Gasteiger charge is -2.39. The van der Waals surface area contributed by atoms with Gasteiger partial charge in [-0.05, 0) is 36.7 Å². The molecule has 2 aliphatic carbocycles. The van der Waals surface area contributed by atoms with Crippen molar-refractivity contribution < 1.29 is 28.9 Å². The third-order valence-corrected chi connectivity index (χ3v) is 9.29. The number of ether oxygens (including phenoxy) is 1. The predicted molar refractivity (Wildman–Crippen MR) is 109 cm³/mol. The molecule has 3 N–H and O–H groups in total. The van der Waals surface area contributed by atoms with E-state index in [9.17, 15) is 15.1 Å². The molecule has 1 aromatic heterocycles. The Balaban J connectivity index is 1.35. The van der Waals surface area contributed by atoms with Gasteiger partial charge < -0.3 is 31.8 Å². The first kappa shape index (κ1) is 22.5. The Hall–Kier alpha value is -0.740. The van der Waals surface area contributed by atoms with Crippen LogP contribution in [0.5, 0.6) is 6.01 Å². The molecule has 2 bridgehead atoms. The van der Waals surface area contributed by atoms with Crippen LogP contribution >= 0.6 is 7.15 Å². The minimum atomic E-state index is -3.52. The molecular formula is C19H29N3O6PS-. The van der Waals surface area contributed by atoms with Gasteiger partial charge in [-0.15, -0.1) is 0 Å². The number of aliphatic hydroxyl groups excluding tert-OH is 1. The molecule has 168 valence electrons. The van der Waals surface area contributed by atoms with Gasteiger partial charge in [-0.1, -0.05) is 20.8 Å². The highest BCUT2D eigenvalue weighted by Crippen LogP contribution is 2.70. The average molecular weight is 458 g/mol. The number of nitrogens with zero attached hydrogens (tertiary/aromatic N) is 2. The van der Waals surface area contributed by atoms with E-state index in [0.717, 1.165) is 19.3 Å². The van der Waals surface area contributed by atoms with E-state index in [-0.39, 0.29) is 35.4 Å². The summed E-state index contributed by atoms with van der Waals surface area (Å²) in [6.07, 6.45) is 2.10. The van der Waals surface area contributed by atoms with Gasteiger partial charge in [0, 0.05) is 18.0 Å². The summed E-state index contributed by atoms with van der Waals surface area (Å²) >= 11 is 5.25. The Labute approximate surface area is 181 Å². The summed E-state index contributed by atoms with van der Waals surface area (Å²) in [4.78, 5) is 14.2. The van der Waals surface area contributed by atoms with Crippen LogP contribution in [0, 0.1) is 22.2 Å². The summed E-state index contributed by atoms with van der Waals surface area (Å²) in [5, 5.41) is 29.7. The van der Waals surface area contributed by atoms with E-state index in [4.69, 9.17) is 31.4 Å². The molecule has 0 aromatic carbocycles. The molecule has 1 unspecified atom stereocenters. The fourth-order valence-corrected chi connectivity index (χ4v) is 6.85. The van der Waals surface area contributed by atoms with Crippen LogP contribution in [0.1, 0.15) is 52.7 Å². The Morgan fingerprint density at radius 2 is 2.17 bits per heavy atom. The molecule has 0 amide bonds. The molecule has 3 aliphatic rings. The van der Waals surface area contributed by atoms with E-state index in [1.54, 1.807) is 0 Å². The summed E-state index contributed by atoms with van der Waals surface area (Å²) < 4.78 is 18.5. The first-order chi connectivity index (χ1) is 13.9. The quantitative estimate of drug-likeness (QED) is 0.432. The van der Waals surface area contributed by atoms with Gasteiger partial charge in [0.2, 0.25) is 0 Å². The molecule has 1 saturated heterocycles. The maximum atomic E-state index is 12.0. The maximum absolute atomic E-state index is 12.0. The lowest BCUT2D eigenvalue weighted by Crippen LogP contribution is -2.37. The van der Waals surface area contributed by atoms with Crippen molar-refractivity contribution in [2.45, 2.75) is 71.0 Å². The van der Waals surface area contributed by atoms with Crippen LogP contribution in [0.15, 0.2) is 12.3 Å². The minimum Gasteiger partial charge on any atom is -0.846 e. The molecule has 30 heavy (non-hydrogen) atoms. The smallest absolute Gasteiger partial charge is 0.286 e. The third kappa shape index (κ3) is 3.81. The van der Waals surface area contributed by atoms with Crippen molar-refractivity contribution in [3.8, 4) is 6.01 Å². The monoisotopic (exact) mass is 458 g/mol. The number of hydrogen-bond donors (Lipinski definition) is 3. The topological polar surface area (TPSA) is 133 Å². The normalized spacial score (nSPS) is 39.3. The van der Waals surface area contributed by atoms with Crippen molar-refractivity contribution >= 4 is 19.4 Å². The van der Waals surface area contributed by atoms with Crippen LogP contribution in [-0.2, 0) is 26.0 Å². The van der Waals surface area contributed by atoms with E-state index in [0.29, 0.717) is 5.92 Å². The van der Waals surface area contributed by atoms with Gasteiger partial charge in [0.25, 0.3) is 7.15 Å². The SMILES string of the molecule is CC1(C)[C@@H]2CC[C@@]1(C)[C@@H](O[P+](O)([S-])OC[C@H]1O[C@@H](n3ccc(=N)nc3[O-])C[C@@H]1O)C2. The van der Waals surface area contributed by atoms with E-state index < -0.39 is 31.6 Å². The number of rotatable bonds is 6. The minimum absolute atomic E-state index is 0.0551. The molecule has 2 saturated carbocycles. The van der Waals surface area contributed by atoms with Crippen LogP contribution in [0.2, 0.25) is 0 Å². The van der Waals surface area contributed by atoms with E-state index in [2.05, 4.69) is 25.8 Å². The van der Waals surface area contributed by atoms with Gasteiger partial charge in [0.1, 0.15) is 30.5 Å². The fraction of sp³-hybridized carbons (Fsp3) is 0.789. The third-order valence-electron chi connectivity index (χ3n) is 7.72. The average Bonchev–Trinajstić information content (AvgIpc) is 3.17. The zero-order chi connectivity index (χ0) is 21.9. The van der Waals surface area contributed by atoms with E-state index >= 15 is 0 Å². The molecule has 3 fully saturated rings. The lowest BCUT2D eigenvalue weighted by molar-refractivity contribution is -0.290. The first-order valence-electron chi connectivity index (χ1n) is 10.2. The summed E-state index contributed by atoms with van der Waals surface area (Å²) in [7, 11) is -3.52. The van der Waals surface area contributed by atoms with Crippen LogP contribution in [-0.4, -0.2) is 44.5 Å². The Kier molecular flexibility index (Phi) is 5.76.